The van der Waals surface area contributed by atoms with Crippen molar-refractivity contribution in [3.05, 3.63) is 23.4 Å². The van der Waals surface area contributed by atoms with E-state index in [9.17, 15) is 9.59 Å². The zero-order valence-electron chi connectivity index (χ0n) is 12.2. The molecule has 0 bridgehead atoms. The Morgan fingerprint density at radius 2 is 2.05 bits per heavy atom. The van der Waals surface area contributed by atoms with Crippen molar-refractivity contribution in [1.29, 1.82) is 0 Å². The lowest BCUT2D eigenvalue weighted by molar-refractivity contribution is -0.120. The fourth-order valence-corrected chi connectivity index (χ4v) is 1.64. The van der Waals surface area contributed by atoms with Gasteiger partial charge >= 0.3 is 5.97 Å². The summed E-state index contributed by atoms with van der Waals surface area (Å²) in [5, 5.41) is 5.85. The first-order valence-corrected chi connectivity index (χ1v) is 6.65. The van der Waals surface area contributed by atoms with Crippen LogP contribution in [0.2, 0.25) is 0 Å². The van der Waals surface area contributed by atoms with Gasteiger partial charge in [0.1, 0.15) is 5.82 Å². The second-order valence-electron chi connectivity index (χ2n) is 4.35. The van der Waals surface area contributed by atoms with Gasteiger partial charge in [-0.2, -0.15) is 0 Å². The molecule has 0 aromatic carbocycles. The number of nitrogens with zero attached hydrogens (tertiary/aromatic N) is 1. The maximum absolute atomic E-state index is 11.4. The van der Waals surface area contributed by atoms with Crippen molar-refractivity contribution < 1.29 is 14.3 Å². The molecule has 1 amide bonds. The molecule has 0 saturated carbocycles. The van der Waals surface area contributed by atoms with Gasteiger partial charge in [0.2, 0.25) is 5.91 Å². The minimum absolute atomic E-state index is 0.0160. The number of esters is 1. The number of amides is 1. The van der Waals surface area contributed by atoms with Gasteiger partial charge in [-0.05, 0) is 25.5 Å². The van der Waals surface area contributed by atoms with Gasteiger partial charge in [0.05, 0.1) is 18.4 Å². The van der Waals surface area contributed by atoms with Crippen LogP contribution in [0.5, 0.6) is 0 Å². The van der Waals surface area contributed by atoms with Crippen molar-refractivity contribution in [2.75, 3.05) is 25.5 Å². The van der Waals surface area contributed by atoms with Crippen LogP contribution >= 0.6 is 0 Å². The summed E-state index contributed by atoms with van der Waals surface area (Å²) in [6.07, 6.45) is 1.31. The molecule has 0 spiro atoms. The fourth-order valence-electron chi connectivity index (χ4n) is 1.64. The van der Waals surface area contributed by atoms with Crippen molar-refractivity contribution in [3.8, 4) is 0 Å². The Morgan fingerprint density at radius 1 is 1.30 bits per heavy atom. The molecule has 6 nitrogen and oxygen atoms in total. The first-order valence-electron chi connectivity index (χ1n) is 6.65. The van der Waals surface area contributed by atoms with Gasteiger partial charge in [-0.25, -0.2) is 9.78 Å². The summed E-state index contributed by atoms with van der Waals surface area (Å²) in [4.78, 5) is 27.1. The van der Waals surface area contributed by atoms with E-state index in [4.69, 9.17) is 0 Å². The zero-order valence-corrected chi connectivity index (χ0v) is 12.2. The number of anilines is 1. The second kappa shape index (κ2) is 8.14. The summed E-state index contributed by atoms with van der Waals surface area (Å²) in [5.74, 6) is 0.251. The normalized spacial score (nSPS) is 9.95. The average molecular weight is 279 g/mol. The van der Waals surface area contributed by atoms with Crippen LogP contribution in [0.3, 0.4) is 0 Å². The fraction of sp³-hybridized carbons (Fsp3) is 0.500. The van der Waals surface area contributed by atoms with Crippen LogP contribution in [-0.2, 0) is 9.53 Å². The summed E-state index contributed by atoms with van der Waals surface area (Å²) in [7, 11) is 1.34. The molecule has 1 heterocycles. The van der Waals surface area contributed by atoms with Crippen LogP contribution in [0, 0.1) is 6.92 Å². The van der Waals surface area contributed by atoms with Gasteiger partial charge in [-0.15, -0.1) is 0 Å². The lowest BCUT2D eigenvalue weighted by atomic mass is 10.2. The number of pyridine rings is 1. The Morgan fingerprint density at radius 3 is 2.65 bits per heavy atom. The van der Waals surface area contributed by atoms with E-state index in [2.05, 4.69) is 20.4 Å². The number of nitrogens with one attached hydrogen (secondary N) is 2. The van der Waals surface area contributed by atoms with Crippen molar-refractivity contribution in [3.63, 3.8) is 0 Å². The van der Waals surface area contributed by atoms with Crippen molar-refractivity contribution in [2.24, 2.45) is 0 Å². The van der Waals surface area contributed by atoms with Gasteiger partial charge < -0.3 is 15.4 Å². The van der Waals surface area contributed by atoms with E-state index < -0.39 is 5.97 Å². The predicted molar refractivity (Wildman–Crippen MR) is 76.7 cm³/mol. The Kier molecular flexibility index (Phi) is 6.49. The van der Waals surface area contributed by atoms with E-state index in [1.165, 1.54) is 7.11 Å². The molecule has 1 aromatic rings. The quantitative estimate of drug-likeness (QED) is 0.739. The molecule has 0 unspecified atom stereocenters. The number of aryl methyl sites for hydroxylation is 1. The molecular weight excluding hydrogens is 258 g/mol. The van der Waals surface area contributed by atoms with Crippen molar-refractivity contribution in [1.82, 2.24) is 10.3 Å². The highest BCUT2D eigenvalue weighted by Gasteiger charge is 2.10. The molecule has 110 valence electrons. The topological polar surface area (TPSA) is 80.3 Å². The summed E-state index contributed by atoms with van der Waals surface area (Å²) >= 11 is 0. The highest BCUT2D eigenvalue weighted by Crippen LogP contribution is 2.11. The van der Waals surface area contributed by atoms with E-state index in [0.29, 0.717) is 36.6 Å². The predicted octanol–water partition coefficient (Wildman–Crippen LogP) is 1.50. The van der Waals surface area contributed by atoms with Crippen LogP contribution in [0.1, 0.15) is 35.8 Å². The van der Waals surface area contributed by atoms with Gasteiger partial charge in [0.25, 0.3) is 0 Å². The number of hydrogen-bond acceptors (Lipinski definition) is 5. The van der Waals surface area contributed by atoms with E-state index in [-0.39, 0.29) is 5.91 Å². The number of aromatic nitrogens is 1. The second-order valence-corrected chi connectivity index (χ2v) is 4.35. The van der Waals surface area contributed by atoms with Gasteiger partial charge in [-0.1, -0.05) is 6.92 Å². The van der Waals surface area contributed by atoms with Gasteiger partial charge in [0, 0.05) is 19.5 Å². The average Bonchev–Trinajstić information content (AvgIpc) is 2.44. The monoisotopic (exact) mass is 279 g/mol. The van der Waals surface area contributed by atoms with Crippen LogP contribution in [0.25, 0.3) is 0 Å². The number of carbonyl (C=O) groups excluding carboxylic acids is 2. The first-order chi connectivity index (χ1) is 9.58. The van der Waals surface area contributed by atoms with Crippen LogP contribution < -0.4 is 10.6 Å². The molecule has 1 aromatic heterocycles. The molecule has 2 N–H and O–H groups in total. The van der Waals surface area contributed by atoms with Gasteiger partial charge in [0.15, 0.2) is 0 Å². The molecule has 1 rings (SSSR count). The maximum Gasteiger partial charge on any atom is 0.339 e. The highest BCUT2D eigenvalue weighted by molar-refractivity contribution is 5.90. The van der Waals surface area contributed by atoms with Crippen molar-refractivity contribution in [2.45, 2.75) is 26.7 Å². The summed E-state index contributed by atoms with van der Waals surface area (Å²) < 4.78 is 4.65. The lowest BCUT2D eigenvalue weighted by Crippen LogP contribution is -2.26. The highest BCUT2D eigenvalue weighted by atomic mass is 16.5. The van der Waals surface area contributed by atoms with Crippen LogP contribution in [-0.4, -0.2) is 37.1 Å². The van der Waals surface area contributed by atoms with Crippen LogP contribution in [0.15, 0.2) is 12.1 Å². The molecule has 6 heteroatoms. The Bertz CT molecular complexity index is 475. The lowest BCUT2D eigenvalue weighted by Gasteiger charge is -2.08. The van der Waals surface area contributed by atoms with E-state index in [1.54, 1.807) is 19.1 Å². The molecule has 20 heavy (non-hydrogen) atoms. The third-order valence-electron chi connectivity index (χ3n) is 2.72. The number of carbonyl (C=O) groups is 2. The summed E-state index contributed by atoms with van der Waals surface area (Å²) in [6.45, 7) is 4.95. The standard InChI is InChI=1S/C14H21N3O3/c1-4-8-16-13(18)7-9-15-12-6-5-11(10(2)17-12)14(19)20-3/h5-6H,4,7-9H2,1-3H3,(H,15,17)(H,16,18). The molecule has 0 fully saturated rings. The largest absolute Gasteiger partial charge is 0.465 e. The summed E-state index contributed by atoms with van der Waals surface area (Å²) in [6, 6.07) is 3.36. The number of rotatable bonds is 7. The van der Waals surface area contributed by atoms with E-state index in [1.807, 2.05) is 6.92 Å². The Hall–Kier alpha value is -2.11. The minimum Gasteiger partial charge on any atom is -0.465 e. The van der Waals surface area contributed by atoms with E-state index in [0.717, 1.165) is 6.42 Å². The Labute approximate surface area is 118 Å². The smallest absolute Gasteiger partial charge is 0.339 e. The van der Waals surface area contributed by atoms with Crippen LogP contribution in [0.4, 0.5) is 5.82 Å². The minimum atomic E-state index is -0.402. The third kappa shape index (κ3) is 4.87. The maximum atomic E-state index is 11.4. The molecular formula is C14H21N3O3. The molecule has 0 aliphatic rings. The van der Waals surface area contributed by atoms with Crippen molar-refractivity contribution >= 4 is 17.7 Å². The first kappa shape index (κ1) is 15.9. The molecule has 0 atom stereocenters. The molecule has 0 aliphatic carbocycles. The number of methoxy groups -OCH3 is 1. The number of hydrogen-bond donors (Lipinski definition) is 2. The molecule has 0 radical (unpaired) electrons. The van der Waals surface area contributed by atoms with E-state index >= 15 is 0 Å². The van der Waals surface area contributed by atoms with Gasteiger partial charge in [-0.3, -0.25) is 4.79 Å². The Balaban J connectivity index is 2.47. The SMILES string of the molecule is CCCNC(=O)CCNc1ccc(C(=O)OC)c(C)n1. The summed E-state index contributed by atoms with van der Waals surface area (Å²) in [5.41, 5.74) is 1.04. The number of ether oxygens (including phenoxy) is 1. The molecule has 0 aliphatic heterocycles. The third-order valence-corrected chi connectivity index (χ3v) is 2.72. The zero-order chi connectivity index (χ0) is 15.0. The molecule has 0 saturated heterocycles.